The molecule has 2 aromatic rings. The van der Waals surface area contributed by atoms with Crippen LogP contribution >= 0.6 is 11.8 Å². The molecule has 0 fully saturated rings. The molecule has 0 atom stereocenters. The lowest BCUT2D eigenvalue weighted by Gasteiger charge is -2.18. The summed E-state index contributed by atoms with van der Waals surface area (Å²) in [4.78, 5) is 0. The second-order valence-electron chi connectivity index (χ2n) is 10.5. The van der Waals surface area contributed by atoms with E-state index in [-0.39, 0.29) is 5.41 Å². The Bertz CT molecular complexity index is 718. The maximum Gasteiger partial charge on any atom is 0.206 e. The molecule has 2 aromatic heterocycles. The van der Waals surface area contributed by atoms with Crippen LogP contribution in [0.25, 0.3) is 5.88 Å². The summed E-state index contributed by atoms with van der Waals surface area (Å²) < 4.78 is 7.74. The Hall–Kier alpha value is -1.23. The van der Waals surface area contributed by atoms with Crippen molar-refractivity contribution in [2.45, 2.75) is 141 Å². The molecule has 4 nitrogen and oxygen atoms in total. The largest absolute Gasteiger partial charge is 0.448 e. The molecule has 0 aliphatic rings. The second kappa shape index (κ2) is 16.4. The van der Waals surface area contributed by atoms with Crippen LogP contribution in [0, 0.1) is 0 Å². The van der Waals surface area contributed by atoms with Crippen LogP contribution < -0.4 is 0 Å². The van der Waals surface area contributed by atoms with Crippen LogP contribution in [0.4, 0.5) is 0 Å². The molecule has 0 spiro atoms. The lowest BCUT2D eigenvalue weighted by atomic mass is 9.96. The van der Waals surface area contributed by atoms with Gasteiger partial charge in [-0.3, -0.25) is 0 Å². The van der Waals surface area contributed by atoms with Crippen LogP contribution in [0.15, 0.2) is 28.0 Å². The molecule has 0 aromatic carbocycles. The number of unbranched alkanes of at least 4 members (excludes halogenated alkanes) is 15. The summed E-state index contributed by atoms with van der Waals surface area (Å²) in [5, 5.41) is 9.88. The summed E-state index contributed by atoms with van der Waals surface area (Å²) in [6, 6.07) is 3.91. The molecular weight excluding hydrogens is 426 g/mol. The highest BCUT2D eigenvalue weighted by atomic mass is 32.2. The molecule has 0 aliphatic carbocycles. The Morgan fingerprint density at radius 3 is 1.73 bits per heavy atom. The molecule has 0 saturated carbocycles. The first-order chi connectivity index (χ1) is 16.0. The molecule has 0 radical (unpaired) electrons. The molecule has 0 aliphatic heterocycles. The van der Waals surface area contributed by atoms with E-state index in [1.165, 1.54) is 103 Å². The van der Waals surface area contributed by atoms with Crippen LogP contribution in [0.1, 0.15) is 136 Å². The quantitative estimate of drug-likeness (QED) is 0.150. The summed E-state index contributed by atoms with van der Waals surface area (Å²) in [5.74, 6) is 2.84. The minimum atomic E-state index is -0.0765. The van der Waals surface area contributed by atoms with E-state index in [9.17, 15) is 0 Å². The van der Waals surface area contributed by atoms with Crippen molar-refractivity contribution in [1.29, 1.82) is 0 Å². The molecule has 33 heavy (non-hydrogen) atoms. The van der Waals surface area contributed by atoms with E-state index in [0.29, 0.717) is 0 Å². The van der Waals surface area contributed by atoms with Crippen molar-refractivity contribution in [3.63, 3.8) is 0 Å². The summed E-state index contributed by atoms with van der Waals surface area (Å²) in [6.07, 6.45) is 24.2. The number of hydrogen-bond acceptors (Lipinski definition) is 4. The van der Waals surface area contributed by atoms with Gasteiger partial charge in [0.25, 0.3) is 0 Å². The van der Waals surface area contributed by atoms with Gasteiger partial charge in [-0.15, -0.1) is 10.2 Å². The molecular formula is C28H49N3OS. The topological polar surface area (TPSA) is 43.9 Å². The van der Waals surface area contributed by atoms with E-state index < -0.39 is 0 Å². The van der Waals surface area contributed by atoms with Crippen molar-refractivity contribution in [2.75, 3.05) is 5.75 Å². The van der Waals surface area contributed by atoms with Crippen molar-refractivity contribution in [3.05, 3.63) is 24.2 Å². The molecule has 0 amide bonds. The van der Waals surface area contributed by atoms with Gasteiger partial charge in [-0.2, -0.15) is 0 Å². The highest BCUT2D eigenvalue weighted by Gasteiger charge is 2.26. The van der Waals surface area contributed by atoms with Gasteiger partial charge < -0.3 is 4.42 Å². The average molecular weight is 476 g/mol. The van der Waals surface area contributed by atoms with Gasteiger partial charge in [-0.05, 0) is 12.5 Å². The summed E-state index contributed by atoms with van der Waals surface area (Å²) >= 11 is 1.80. The van der Waals surface area contributed by atoms with Gasteiger partial charge in [0.05, 0.1) is 6.26 Å². The van der Waals surface area contributed by atoms with E-state index >= 15 is 0 Å². The third-order valence-corrected chi connectivity index (χ3v) is 7.27. The third kappa shape index (κ3) is 11.2. The fourth-order valence-electron chi connectivity index (χ4n) is 4.26. The smallest absolute Gasteiger partial charge is 0.206 e. The predicted octanol–water partition coefficient (Wildman–Crippen LogP) is 9.51. The molecule has 0 N–H and O–H groups in total. The molecule has 0 unspecified atom stereocenters. The first-order valence-corrected chi connectivity index (χ1v) is 14.6. The third-order valence-electron chi connectivity index (χ3n) is 6.26. The number of nitrogens with zero attached hydrogens (tertiary/aromatic N) is 3. The molecule has 0 saturated heterocycles. The molecule has 188 valence electrons. The lowest BCUT2D eigenvalue weighted by molar-refractivity contribution is 0.480. The van der Waals surface area contributed by atoms with Gasteiger partial charge in [-0.1, -0.05) is 136 Å². The fourth-order valence-corrected chi connectivity index (χ4v) is 5.19. The van der Waals surface area contributed by atoms with E-state index in [2.05, 4.69) is 42.5 Å². The standard InChI is InChI=1S/C28H49N3OS/c1-5-6-7-8-9-10-11-12-13-14-15-16-17-18-19-20-24-33-27-30-29-26(28(2,3)4)31(27)25-22-21-23-32-25/h21-23H,5-20,24H2,1-4H3. The van der Waals surface area contributed by atoms with Crippen molar-refractivity contribution in [3.8, 4) is 5.88 Å². The minimum absolute atomic E-state index is 0.0765. The van der Waals surface area contributed by atoms with Crippen LogP contribution in [0.2, 0.25) is 0 Å². The van der Waals surface area contributed by atoms with Crippen molar-refractivity contribution in [2.24, 2.45) is 0 Å². The molecule has 2 rings (SSSR count). The van der Waals surface area contributed by atoms with Gasteiger partial charge in [0.2, 0.25) is 5.88 Å². The Morgan fingerprint density at radius 1 is 0.758 bits per heavy atom. The van der Waals surface area contributed by atoms with Crippen LogP contribution in [-0.4, -0.2) is 20.5 Å². The maximum atomic E-state index is 5.66. The van der Waals surface area contributed by atoms with Gasteiger partial charge in [0, 0.05) is 17.2 Å². The number of aromatic nitrogens is 3. The second-order valence-corrected chi connectivity index (χ2v) is 11.6. The van der Waals surface area contributed by atoms with Crippen LogP contribution in [0.3, 0.4) is 0 Å². The summed E-state index contributed by atoms with van der Waals surface area (Å²) in [6.45, 7) is 8.79. The lowest BCUT2D eigenvalue weighted by Crippen LogP contribution is -2.18. The summed E-state index contributed by atoms with van der Waals surface area (Å²) in [7, 11) is 0. The highest BCUT2D eigenvalue weighted by Crippen LogP contribution is 2.29. The van der Waals surface area contributed by atoms with Crippen LogP contribution in [0.5, 0.6) is 0 Å². The zero-order valence-electron chi connectivity index (χ0n) is 21.9. The SMILES string of the molecule is CCCCCCCCCCCCCCCCCCSc1nnc(C(C)(C)C)n1-c1ccco1. The van der Waals surface area contributed by atoms with Gasteiger partial charge in [0.1, 0.15) is 5.82 Å². The van der Waals surface area contributed by atoms with Crippen LogP contribution in [-0.2, 0) is 5.41 Å². The molecule has 2 heterocycles. The van der Waals surface area contributed by atoms with Gasteiger partial charge >= 0.3 is 0 Å². The van der Waals surface area contributed by atoms with Gasteiger partial charge in [0.15, 0.2) is 5.16 Å². The fraction of sp³-hybridized carbons (Fsp3) is 0.786. The highest BCUT2D eigenvalue weighted by molar-refractivity contribution is 7.99. The number of rotatable bonds is 19. The Morgan fingerprint density at radius 2 is 1.27 bits per heavy atom. The monoisotopic (exact) mass is 475 g/mol. The number of furan rings is 1. The number of thioether (sulfide) groups is 1. The van der Waals surface area contributed by atoms with Crippen molar-refractivity contribution < 1.29 is 4.42 Å². The van der Waals surface area contributed by atoms with Crippen molar-refractivity contribution in [1.82, 2.24) is 14.8 Å². The van der Waals surface area contributed by atoms with E-state index in [0.717, 1.165) is 22.6 Å². The Kier molecular flexibility index (Phi) is 13.9. The van der Waals surface area contributed by atoms with E-state index in [4.69, 9.17) is 4.42 Å². The Balaban J connectivity index is 1.48. The zero-order chi connectivity index (χ0) is 23.8. The molecule has 0 bridgehead atoms. The predicted molar refractivity (Wildman–Crippen MR) is 143 cm³/mol. The summed E-state index contributed by atoms with van der Waals surface area (Å²) in [5.41, 5.74) is -0.0765. The van der Waals surface area contributed by atoms with E-state index in [1.54, 1.807) is 18.0 Å². The zero-order valence-corrected chi connectivity index (χ0v) is 22.7. The normalized spacial score (nSPS) is 12.0. The minimum Gasteiger partial charge on any atom is -0.448 e. The van der Waals surface area contributed by atoms with Gasteiger partial charge in [-0.25, -0.2) is 4.57 Å². The van der Waals surface area contributed by atoms with Crippen molar-refractivity contribution >= 4 is 11.8 Å². The maximum absolute atomic E-state index is 5.66. The first-order valence-electron chi connectivity index (χ1n) is 13.7. The number of hydrogen-bond donors (Lipinski definition) is 0. The average Bonchev–Trinajstić information content (AvgIpc) is 3.45. The molecule has 5 heteroatoms. The Labute approximate surface area is 207 Å². The van der Waals surface area contributed by atoms with E-state index in [1.807, 2.05) is 12.1 Å². The first kappa shape index (κ1) is 28.0.